The van der Waals surface area contributed by atoms with E-state index in [-0.39, 0.29) is 0 Å². The highest BCUT2D eigenvalue weighted by molar-refractivity contribution is 5.73. The first-order chi connectivity index (χ1) is 7.41. The number of aromatic nitrogens is 3. The van der Waals surface area contributed by atoms with Gasteiger partial charge >= 0.3 is 12.1 Å². The predicted octanol–water partition coefficient (Wildman–Crippen LogP) is 1.36. The van der Waals surface area contributed by atoms with Crippen molar-refractivity contribution in [3.8, 4) is 0 Å². The van der Waals surface area contributed by atoms with Gasteiger partial charge in [-0.2, -0.15) is 18.3 Å². The standard InChI is InChI=1S/C6H5N3.C2HF3O2/c1-2-8-9-4-3-7-5-6(1)9;3-2(4,5)1(6)7/h1-5H;(H,6,7). The molecule has 0 saturated heterocycles. The zero-order chi connectivity index (χ0) is 12.2. The molecular formula is C8H6F3N3O2. The van der Waals surface area contributed by atoms with Crippen molar-refractivity contribution in [2.45, 2.75) is 6.18 Å². The van der Waals surface area contributed by atoms with Gasteiger partial charge in [0.2, 0.25) is 0 Å². The molecule has 0 bridgehead atoms. The van der Waals surface area contributed by atoms with Crippen molar-refractivity contribution in [2.75, 3.05) is 0 Å². The molecule has 8 heteroatoms. The number of carboxylic acids is 1. The minimum Gasteiger partial charge on any atom is -0.475 e. The molecule has 1 N–H and O–H groups in total. The molecular weight excluding hydrogens is 227 g/mol. The Bertz CT molecular complexity index is 450. The van der Waals surface area contributed by atoms with Crippen molar-refractivity contribution in [2.24, 2.45) is 0 Å². The quantitative estimate of drug-likeness (QED) is 0.746. The maximum Gasteiger partial charge on any atom is 0.490 e. The Labute approximate surface area is 87.1 Å². The van der Waals surface area contributed by atoms with Crippen LogP contribution >= 0.6 is 0 Å². The van der Waals surface area contributed by atoms with Crippen LogP contribution in [0.2, 0.25) is 0 Å². The monoisotopic (exact) mass is 233 g/mol. The number of carboxylic acid groups (broad SMARTS) is 1. The first-order valence-electron chi connectivity index (χ1n) is 3.95. The fourth-order valence-corrected chi connectivity index (χ4v) is 0.772. The molecule has 0 saturated carbocycles. The zero-order valence-corrected chi connectivity index (χ0v) is 7.72. The van der Waals surface area contributed by atoms with E-state index in [2.05, 4.69) is 10.1 Å². The van der Waals surface area contributed by atoms with E-state index in [1.165, 1.54) is 0 Å². The van der Waals surface area contributed by atoms with Crippen LogP contribution in [-0.2, 0) is 4.79 Å². The van der Waals surface area contributed by atoms with Gasteiger partial charge in [-0.05, 0) is 6.07 Å². The van der Waals surface area contributed by atoms with Gasteiger partial charge in [-0.15, -0.1) is 0 Å². The predicted molar refractivity (Wildman–Crippen MR) is 46.7 cm³/mol. The number of fused-ring (bicyclic) bond motifs is 1. The third-order valence-corrected chi connectivity index (χ3v) is 1.44. The average molecular weight is 233 g/mol. The van der Waals surface area contributed by atoms with Gasteiger partial charge in [0.1, 0.15) is 0 Å². The van der Waals surface area contributed by atoms with E-state index in [1.807, 2.05) is 12.3 Å². The fraction of sp³-hybridized carbons (Fsp3) is 0.125. The van der Waals surface area contributed by atoms with E-state index in [0.717, 1.165) is 5.52 Å². The molecule has 0 spiro atoms. The Balaban J connectivity index is 0.000000168. The third kappa shape index (κ3) is 3.23. The Kier molecular flexibility index (Phi) is 3.44. The van der Waals surface area contributed by atoms with Crippen molar-refractivity contribution in [3.05, 3.63) is 30.9 Å². The molecule has 0 radical (unpaired) electrons. The minimum atomic E-state index is -5.08. The maximum absolute atomic E-state index is 10.6. The summed E-state index contributed by atoms with van der Waals surface area (Å²) < 4.78 is 33.5. The van der Waals surface area contributed by atoms with Crippen LogP contribution in [0.15, 0.2) is 30.9 Å². The number of aliphatic carboxylic acids is 1. The molecule has 0 fully saturated rings. The smallest absolute Gasteiger partial charge is 0.475 e. The Morgan fingerprint density at radius 2 is 2.00 bits per heavy atom. The Morgan fingerprint density at radius 3 is 2.50 bits per heavy atom. The lowest BCUT2D eigenvalue weighted by atomic mass is 10.5. The number of carbonyl (C=O) groups is 1. The summed E-state index contributed by atoms with van der Waals surface area (Å²) in [4.78, 5) is 12.8. The fourth-order valence-electron chi connectivity index (χ4n) is 0.772. The second kappa shape index (κ2) is 4.60. The molecule has 0 aromatic carbocycles. The normalized spacial score (nSPS) is 10.7. The zero-order valence-electron chi connectivity index (χ0n) is 7.72. The lowest BCUT2D eigenvalue weighted by Crippen LogP contribution is -2.21. The van der Waals surface area contributed by atoms with Crippen molar-refractivity contribution < 1.29 is 23.1 Å². The van der Waals surface area contributed by atoms with Crippen LogP contribution in [-0.4, -0.2) is 31.9 Å². The summed E-state index contributed by atoms with van der Waals surface area (Å²) in [6, 6.07) is 1.91. The van der Waals surface area contributed by atoms with Crippen molar-refractivity contribution in [1.82, 2.24) is 14.6 Å². The molecule has 2 aromatic heterocycles. The topological polar surface area (TPSA) is 67.5 Å². The van der Waals surface area contributed by atoms with Crippen LogP contribution in [0.1, 0.15) is 0 Å². The van der Waals surface area contributed by atoms with E-state index in [4.69, 9.17) is 9.90 Å². The molecule has 0 aliphatic heterocycles. The largest absolute Gasteiger partial charge is 0.490 e. The van der Waals surface area contributed by atoms with Gasteiger partial charge in [-0.3, -0.25) is 4.98 Å². The number of nitrogens with zero attached hydrogens (tertiary/aromatic N) is 3. The third-order valence-electron chi connectivity index (χ3n) is 1.44. The minimum absolute atomic E-state index is 1.03. The van der Waals surface area contributed by atoms with Crippen molar-refractivity contribution in [1.29, 1.82) is 0 Å². The van der Waals surface area contributed by atoms with Crippen molar-refractivity contribution in [3.63, 3.8) is 0 Å². The van der Waals surface area contributed by atoms with Crippen LogP contribution in [0.5, 0.6) is 0 Å². The van der Waals surface area contributed by atoms with Gasteiger partial charge in [-0.25, -0.2) is 9.31 Å². The molecule has 5 nitrogen and oxygen atoms in total. The first kappa shape index (κ1) is 12.0. The van der Waals surface area contributed by atoms with Gasteiger partial charge in [0.15, 0.2) is 0 Å². The number of alkyl halides is 3. The summed E-state index contributed by atoms with van der Waals surface area (Å²) >= 11 is 0. The Hall–Kier alpha value is -2.12. The lowest BCUT2D eigenvalue weighted by Gasteiger charge is -1.93. The van der Waals surface area contributed by atoms with Crippen molar-refractivity contribution >= 4 is 11.5 Å². The highest BCUT2D eigenvalue weighted by Crippen LogP contribution is 2.13. The molecule has 86 valence electrons. The summed E-state index contributed by atoms with van der Waals surface area (Å²) in [5, 5.41) is 11.1. The average Bonchev–Trinajstić information content (AvgIpc) is 2.64. The molecule has 2 rings (SSSR count). The van der Waals surface area contributed by atoms with E-state index in [9.17, 15) is 13.2 Å². The second-order valence-corrected chi connectivity index (χ2v) is 2.58. The highest BCUT2D eigenvalue weighted by Gasteiger charge is 2.38. The van der Waals surface area contributed by atoms with Gasteiger partial charge < -0.3 is 5.11 Å². The molecule has 0 aliphatic carbocycles. The van der Waals surface area contributed by atoms with E-state index in [0.29, 0.717) is 0 Å². The number of hydrogen-bond donors (Lipinski definition) is 1. The highest BCUT2D eigenvalue weighted by atomic mass is 19.4. The van der Waals surface area contributed by atoms with Crippen LogP contribution in [0.4, 0.5) is 13.2 Å². The Morgan fingerprint density at radius 1 is 1.38 bits per heavy atom. The summed E-state index contributed by atoms with van der Waals surface area (Å²) in [5.41, 5.74) is 1.03. The number of hydrogen-bond acceptors (Lipinski definition) is 3. The maximum atomic E-state index is 10.6. The first-order valence-corrected chi connectivity index (χ1v) is 3.95. The van der Waals surface area contributed by atoms with Gasteiger partial charge in [0.05, 0.1) is 17.9 Å². The van der Waals surface area contributed by atoms with Gasteiger partial charge in [0.25, 0.3) is 0 Å². The van der Waals surface area contributed by atoms with Gasteiger partial charge in [-0.1, -0.05) is 0 Å². The van der Waals surface area contributed by atoms with Crippen LogP contribution in [0.3, 0.4) is 0 Å². The summed E-state index contributed by atoms with van der Waals surface area (Å²) in [7, 11) is 0. The molecule has 0 aliphatic rings. The summed E-state index contributed by atoms with van der Waals surface area (Å²) in [6.45, 7) is 0. The lowest BCUT2D eigenvalue weighted by molar-refractivity contribution is -0.192. The van der Waals surface area contributed by atoms with E-state index >= 15 is 0 Å². The van der Waals surface area contributed by atoms with Crippen LogP contribution in [0.25, 0.3) is 5.52 Å². The number of halogens is 3. The second-order valence-electron chi connectivity index (χ2n) is 2.58. The van der Waals surface area contributed by atoms with Crippen LogP contribution < -0.4 is 0 Å². The molecule has 0 atom stereocenters. The van der Waals surface area contributed by atoms with E-state index < -0.39 is 12.1 Å². The summed E-state index contributed by atoms with van der Waals surface area (Å²) in [6.07, 6.45) is 1.96. The van der Waals surface area contributed by atoms with E-state index in [1.54, 1.807) is 23.1 Å². The molecule has 0 amide bonds. The SMILES string of the molecule is O=C(O)C(F)(F)F.c1cn2nccc2cn1. The van der Waals surface area contributed by atoms with Gasteiger partial charge in [0, 0.05) is 12.4 Å². The molecule has 0 unspecified atom stereocenters. The molecule has 2 aromatic rings. The molecule has 2 heterocycles. The summed E-state index contributed by atoms with van der Waals surface area (Å²) in [5.74, 6) is -2.76. The molecule has 16 heavy (non-hydrogen) atoms. The van der Waals surface area contributed by atoms with Crippen LogP contribution in [0, 0.1) is 0 Å². The number of rotatable bonds is 0.